The number of carboxylic acid groups (broad SMARTS) is 1. The van der Waals surface area contributed by atoms with E-state index in [1.165, 1.54) is 0 Å². The molecule has 1 heterocycles. The Labute approximate surface area is 98.5 Å². The Bertz CT molecular complexity index is 511. The first-order chi connectivity index (χ1) is 8.27. The molecule has 0 aliphatic heterocycles. The molecule has 17 heavy (non-hydrogen) atoms. The lowest BCUT2D eigenvalue weighted by molar-refractivity contribution is 0.0694. The van der Waals surface area contributed by atoms with Gasteiger partial charge in [-0.2, -0.15) is 0 Å². The molecule has 1 aromatic carbocycles. The highest BCUT2D eigenvalue weighted by atomic mass is 16.5. The standard InChI is InChI=1S/C13H11NO3/c15-13(16)12-6-2-1-4-10(12)9-17-11-5-3-7-14-8-11/h1-8H,9H2,(H,15,16). The Kier molecular flexibility index (Phi) is 3.35. The number of aromatic carboxylic acids is 1. The summed E-state index contributed by atoms with van der Waals surface area (Å²) in [5.41, 5.74) is 0.903. The smallest absolute Gasteiger partial charge is 0.336 e. The highest BCUT2D eigenvalue weighted by Gasteiger charge is 2.08. The zero-order valence-electron chi connectivity index (χ0n) is 9.04. The second kappa shape index (κ2) is 5.12. The first kappa shape index (κ1) is 11.1. The number of carboxylic acids is 1. The van der Waals surface area contributed by atoms with Crippen molar-refractivity contribution >= 4 is 5.97 Å². The van der Waals surface area contributed by atoms with Gasteiger partial charge in [-0.3, -0.25) is 4.98 Å². The van der Waals surface area contributed by atoms with Gasteiger partial charge in [0.1, 0.15) is 12.4 Å². The minimum atomic E-state index is -0.949. The van der Waals surface area contributed by atoms with Crippen LogP contribution in [0.5, 0.6) is 5.75 Å². The summed E-state index contributed by atoms with van der Waals surface area (Å²) in [4.78, 5) is 14.9. The summed E-state index contributed by atoms with van der Waals surface area (Å²) >= 11 is 0. The molecule has 0 aliphatic carbocycles. The van der Waals surface area contributed by atoms with Crippen LogP contribution < -0.4 is 4.74 Å². The van der Waals surface area contributed by atoms with Gasteiger partial charge in [0.25, 0.3) is 0 Å². The number of nitrogens with zero attached hydrogens (tertiary/aromatic N) is 1. The van der Waals surface area contributed by atoms with Crippen molar-refractivity contribution in [2.24, 2.45) is 0 Å². The van der Waals surface area contributed by atoms with E-state index in [9.17, 15) is 4.79 Å². The van der Waals surface area contributed by atoms with E-state index in [0.29, 0.717) is 11.3 Å². The molecule has 0 saturated heterocycles. The minimum Gasteiger partial charge on any atom is -0.487 e. The largest absolute Gasteiger partial charge is 0.487 e. The van der Waals surface area contributed by atoms with Gasteiger partial charge in [0, 0.05) is 11.8 Å². The second-order valence-electron chi connectivity index (χ2n) is 3.44. The molecule has 0 fully saturated rings. The molecule has 0 atom stereocenters. The molecule has 1 aromatic heterocycles. The van der Waals surface area contributed by atoms with E-state index in [0.717, 1.165) is 0 Å². The third-order valence-electron chi connectivity index (χ3n) is 2.28. The number of benzene rings is 1. The normalized spacial score (nSPS) is 9.88. The molecule has 1 N–H and O–H groups in total. The number of aromatic nitrogens is 1. The fraction of sp³-hybridized carbons (Fsp3) is 0.0769. The van der Waals surface area contributed by atoms with Gasteiger partial charge in [-0.05, 0) is 18.2 Å². The van der Waals surface area contributed by atoms with Crippen LogP contribution in [0.1, 0.15) is 15.9 Å². The molecule has 4 heteroatoms. The number of rotatable bonds is 4. The molecule has 0 bridgehead atoms. The fourth-order valence-electron chi connectivity index (χ4n) is 1.45. The summed E-state index contributed by atoms with van der Waals surface area (Å²) in [6, 6.07) is 10.3. The minimum absolute atomic E-state index is 0.216. The average Bonchev–Trinajstić information content (AvgIpc) is 2.38. The molecular formula is C13H11NO3. The Morgan fingerprint density at radius 2 is 2.06 bits per heavy atom. The maximum Gasteiger partial charge on any atom is 0.336 e. The zero-order valence-corrected chi connectivity index (χ0v) is 9.04. The predicted molar refractivity (Wildman–Crippen MR) is 62.0 cm³/mol. The highest BCUT2D eigenvalue weighted by Crippen LogP contribution is 2.13. The maximum absolute atomic E-state index is 11.0. The highest BCUT2D eigenvalue weighted by molar-refractivity contribution is 5.89. The monoisotopic (exact) mass is 229 g/mol. The molecule has 4 nitrogen and oxygen atoms in total. The van der Waals surface area contributed by atoms with E-state index >= 15 is 0 Å². The van der Waals surface area contributed by atoms with Crippen LogP contribution in [0, 0.1) is 0 Å². The van der Waals surface area contributed by atoms with Gasteiger partial charge in [0.2, 0.25) is 0 Å². The summed E-state index contributed by atoms with van der Waals surface area (Å²) in [6.07, 6.45) is 3.24. The van der Waals surface area contributed by atoms with Crippen LogP contribution in [-0.2, 0) is 6.61 Å². The maximum atomic E-state index is 11.0. The molecule has 2 rings (SSSR count). The van der Waals surface area contributed by atoms with Crippen LogP contribution in [-0.4, -0.2) is 16.1 Å². The molecule has 0 spiro atoms. The summed E-state index contributed by atoms with van der Waals surface area (Å²) in [5, 5.41) is 8.99. The lowest BCUT2D eigenvalue weighted by atomic mass is 10.1. The van der Waals surface area contributed by atoms with Crippen molar-refractivity contribution < 1.29 is 14.6 Å². The summed E-state index contributed by atoms with van der Waals surface area (Å²) in [7, 11) is 0. The van der Waals surface area contributed by atoms with Gasteiger partial charge < -0.3 is 9.84 Å². The van der Waals surface area contributed by atoms with E-state index in [2.05, 4.69) is 4.98 Å². The van der Waals surface area contributed by atoms with Crippen LogP contribution in [0.3, 0.4) is 0 Å². The molecule has 0 saturated carbocycles. The third kappa shape index (κ3) is 2.81. The van der Waals surface area contributed by atoms with Crippen molar-refractivity contribution in [2.45, 2.75) is 6.61 Å². The SMILES string of the molecule is O=C(O)c1ccccc1COc1cccnc1. The molecule has 86 valence electrons. The lowest BCUT2D eigenvalue weighted by Crippen LogP contribution is -2.05. The van der Waals surface area contributed by atoms with Crippen molar-refractivity contribution in [2.75, 3.05) is 0 Å². The first-order valence-electron chi connectivity index (χ1n) is 5.11. The zero-order chi connectivity index (χ0) is 12.1. The number of carbonyl (C=O) groups is 1. The van der Waals surface area contributed by atoms with Crippen molar-refractivity contribution in [1.29, 1.82) is 0 Å². The number of ether oxygens (including phenoxy) is 1. The van der Waals surface area contributed by atoms with E-state index in [4.69, 9.17) is 9.84 Å². The average molecular weight is 229 g/mol. The Balaban J connectivity index is 2.12. The van der Waals surface area contributed by atoms with Crippen LogP contribution in [0.2, 0.25) is 0 Å². The summed E-state index contributed by atoms with van der Waals surface area (Å²) in [5.74, 6) is -0.330. The fourth-order valence-corrected chi connectivity index (χ4v) is 1.45. The van der Waals surface area contributed by atoms with E-state index < -0.39 is 5.97 Å². The predicted octanol–water partition coefficient (Wildman–Crippen LogP) is 2.36. The van der Waals surface area contributed by atoms with Gasteiger partial charge in [-0.25, -0.2) is 4.79 Å². The van der Waals surface area contributed by atoms with Crippen molar-refractivity contribution in [3.8, 4) is 5.75 Å². The molecule has 0 amide bonds. The van der Waals surface area contributed by atoms with Crippen LogP contribution >= 0.6 is 0 Å². The molecular weight excluding hydrogens is 218 g/mol. The Morgan fingerprint density at radius 1 is 1.24 bits per heavy atom. The van der Waals surface area contributed by atoms with Gasteiger partial charge in [-0.1, -0.05) is 18.2 Å². The van der Waals surface area contributed by atoms with Crippen molar-refractivity contribution in [3.05, 3.63) is 59.9 Å². The van der Waals surface area contributed by atoms with Crippen molar-refractivity contribution in [1.82, 2.24) is 4.98 Å². The second-order valence-corrected chi connectivity index (χ2v) is 3.44. The van der Waals surface area contributed by atoms with E-state index in [-0.39, 0.29) is 12.2 Å². The third-order valence-corrected chi connectivity index (χ3v) is 2.28. The van der Waals surface area contributed by atoms with E-state index in [1.54, 1.807) is 48.8 Å². The van der Waals surface area contributed by atoms with Gasteiger partial charge in [-0.15, -0.1) is 0 Å². The Morgan fingerprint density at radius 3 is 2.76 bits per heavy atom. The van der Waals surface area contributed by atoms with Gasteiger partial charge in [0.15, 0.2) is 0 Å². The lowest BCUT2D eigenvalue weighted by Gasteiger charge is -2.07. The van der Waals surface area contributed by atoms with Gasteiger partial charge in [0.05, 0.1) is 11.8 Å². The van der Waals surface area contributed by atoms with E-state index in [1.807, 2.05) is 0 Å². The van der Waals surface area contributed by atoms with Crippen molar-refractivity contribution in [3.63, 3.8) is 0 Å². The van der Waals surface area contributed by atoms with Crippen LogP contribution in [0.25, 0.3) is 0 Å². The summed E-state index contributed by atoms with van der Waals surface area (Å²) in [6.45, 7) is 0.216. The quantitative estimate of drug-likeness (QED) is 0.874. The van der Waals surface area contributed by atoms with Gasteiger partial charge >= 0.3 is 5.97 Å². The molecule has 2 aromatic rings. The Hall–Kier alpha value is -2.36. The summed E-state index contributed by atoms with van der Waals surface area (Å²) < 4.78 is 5.46. The van der Waals surface area contributed by atoms with Crippen LogP contribution in [0.15, 0.2) is 48.8 Å². The van der Waals surface area contributed by atoms with Crippen LogP contribution in [0.4, 0.5) is 0 Å². The molecule has 0 aliphatic rings. The molecule has 0 unspecified atom stereocenters. The number of hydrogen-bond acceptors (Lipinski definition) is 3. The topological polar surface area (TPSA) is 59.4 Å². The number of pyridine rings is 1. The first-order valence-corrected chi connectivity index (χ1v) is 5.11. The molecule has 0 radical (unpaired) electrons. The number of hydrogen-bond donors (Lipinski definition) is 1.